The lowest BCUT2D eigenvalue weighted by Gasteiger charge is -2.44. The van der Waals surface area contributed by atoms with Gasteiger partial charge in [0.1, 0.15) is 42.9 Å². The summed E-state index contributed by atoms with van der Waals surface area (Å²) in [4.78, 5) is 49.7. The molecule has 15 heteroatoms. The first-order chi connectivity index (χ1) is 22.3. The minimum Gasteiger partial charge on any atom is -0.508 e. The maximum absolute atomic E-state index is 13.2. The highest BCUT2D eigenvalue weighted by Crippen LogP contribution is 2.51. The van der Waals surface area contributed by atoms with Crippen LogP contribution in [0.1, 0.15) is 19.4 Å². The van der Waals surface area contributed by atoms with E-state index < -0.39 is 91.0 Å². The monoisotopic (exact) mass is 658 g/mol. The molecule has 47 heavy (non-hydrogen) atoms. The number of allylic oxidation sites excluding steroid dienone is 1. The number of phenols is 1. The molecule has 1 aromatic carbocycles. The van der Waals surface area contributed by atoms with Crippen molar-refractivity contribution in [3.05, 3.63) is 71.5 Å². The minimum atomic E-state index is -1.79. The van der Waals surface area contributed by atoms with E-state index in [1.807, 2.05) is 0 Å². The van der Waals surface area contributed by atoms with Crippen LogP contribution in [-0.4, -0.2) is 107 Å². The van der Waals surface area contributed by atoms with Crippen molar-refractivity contribution in [2.45, 2.75) is 62.5 Å². The van der Waals surface area contributed by atoms with Crippen LogP contribution in [0.25, 0.3) is 6.08 Å². The van der Waals surface area contributed by atoms with Crippen molar-refractivity contribution in [3.63, 3.8) is 0 Å². The van der Waals surface area contributed by atoms with Gasteiger partial charge in [-0.2, -0.15) is 0 Å². The number of hydrogen-bond acceptors (Lipinski definition) is 15. The molecule has 0 saturated carbocycles. The molecule has 3 aliphatic heterocycles. The number of aliphatic hydroxyl groups is 3. The van der Waals surface area contributed by atoms with Crippen LogP contribution < -0.4 is 0 Å². The third-order valence-electron chi connectivity index (χ3n) is 8.18. The molecule has 252 valence electrons. The Balaban J connectivity index is 1.38. The van der Waals surface area contributed by atoms with Crippen molar-refractivity contribution in [2.24, 2.45) is 11.8 Å². The van der Waals surface area contributed by atoms with E-state index in [-0.39, 0.29) is 16.9 Å². The molecule has 1 fully saturated rings. The molecule has 1 spiro atoms. The lowest BCUT2D eigenvalue weighted by atomic mass is 9.78. The van der Waals surface area contributed by atoms with Crippen LogP contribution >= 0.6 is 0 Å². The summed E-state index contributed by atoms with van der Waals surface area (Å²) in [6.07, 6.45) is -2.29. The van der Waals surface area contributed by atoms with Gasteiger partial charge in [-0.3, -0.25) is 4.79 Å². The van der Waals surface area contributed by atoms with Crippen LogP contribution in [0.4, 0.5) is 0 Å². The maximum atomic E-state index is 13.2. The first-order valence-electron chi connectivity index (χ1n) is 14.6. The average Bonchev–Trinajstić information content (AvgIpc) is 3.59. The Kier molecular flexibility index (Phi) is 9.84. The van der Waals surface area contributed by atoms with E-state index in [1.54, 1.807) is 18.2 Å². The predicted octanol–water partition coefficient (Wildman–Crippen LogP) is 0.162. The number of aromatic hydroxyl groups is 1. The summed E-state index contributed by atoms with van der Waals surface area (Å²) in [6.45, 7) is 2.16. The number of fused-ring (bicyclic) bond motifs is 2. The Hall–Kier alpha value is -4.54. The highest BCUT2D eigenvalue weighted by molar-refractivity contribution is 5.95. The smallest absolute Gasteiger partial charge is 0.338 e. The van der Waals surface area contributed by atoms with Gasteiger partial charge in [0.2, 0.25) is 6.29 Å². The maximum Gasteiger partial charge on any atom is 0.338 e. The topological polar surface area (TPSA) is 214 Å². The molecule has 5 rings (SSSR count). The first kappa shape index (κ1) is 33.8. The lowest BCUT2D eigenvalue weighted by Crippen LogP contribution is -2.61. The van der Waals surface area contributed by atoms with Crippen molar-refractivity contribution in [1.29, 1.82) is 0 Å². The summed E-state index contributed by atoms with van der Waals surface area (Å²) in [6, 6.07) is 6.09. The average molecular weight is 659 g/mol. The summed E-state index contributed by atoms with van der Waals surface area (Å²) in [7, 11) is 1.18. The fraction of sp³-hybridized carbons (Fsp3) is 0.438. The third kappa shape index (κ3) is 6.94. The Morgan fingerprint density at radius 1 is 1.06 bits per heavy atom. The van der Waals surface area contributed by atoms with E-state index in [1.165, 1.54) is 44.4 Å². The molecular formula is C32H34O15. The van der Waals surface area contributed by atoms with Crippen molar-refractivity contribution in [3.8, 4) is 5.75 Å². The number of esters is 4. The molecule has 0 bridgehead atoms. The number of carbonyl (C=O) groups is 4. The molecule has 0 aromatic heterocycles. The van der Waals surface area contributed by atoms with E-state index in [9.17, 15) is 39.6 Å². The summed E-state index contributed by atoms with van der Waals surface area (Å²) in [5, 5.41) is 41.0. The van der Waals surface area contributed by atoms with Crippen LogP contribution in [0.2, 0.25) is 0 Å². The normalized spacial score (nSPS) is 33.4. The van der Waals surface area contributed by atoms with Crippen molar-refractivity contribution in [1.82, 2.24) is 0 Å². The van der Waals surface area contributed by atoms with Gasteiger partial charge in [0.15, 0.2) is 11.9 Å². The van der Waals surface area contributed by atoms with E-state index in [0.29, 0.717) is 5.56 Å². The number of phenolic OH excluding ortho intramolecular Hbond substituents is 1. The Labute approximate surface area is 268 Å². The van der Waals surface area contributed by atoms with Crippen LogP contribution in [-0.2, 0) is 52.3 Å². The van der Waals surface area contributed by atoms with Crippen molar-refractivity contribution < 1.29 is 72.8 Å². The van der Waals surface area contributed by atoms with E-state index in [2.05, 4.69) is 0 Å². The lowest BCUT2D eigenvalue weighted by molar-refractivity contribution is -0.344. The number of benzene rings is 1. The number of aliphatic hydroxyl groups excluding tert-OH is 3. The minimum absolute atomic E-state index is 0.0106. The van der Waals surface area contributed by atoms with E-state index in [4.69, 9.17) is 33.2 Å². The van der Waals surface area contributed by atoms with Gasteiger partial charge >= 0.3 is 23.9 Å². The van der Waals surface area contributed by atoms with Crippen LogP contribution in [0, 0.1) is 11.8 Å². The summed E-state index contributed by atoms with van der Waals surface area (Å²) in [5.41, 5.74) is -0.913. The van der Waals surface area contributed by atoms with Gasteiger partial charge in [0.05, 0.1) is 30.4 Å². The zero-order valence-electron chi connectivity index (χ0n) is 25.5. The van der Waals surface area contributed by atoms with Gasteiger partial charge in [-0.25, -0.2) is 14.4 Å². The second-order valence-corrected chi connectivity index (χ2v) is 11.3. The summed E-state index contributed by atoms with van der Waals surface area (Å²) in [5.74, 6) is -4.74. The highest BCUT2D eigenvalue weighted by Gasteiger charge is 2.60. The van der Waals surface area contributed by atoms with E-state index >= 15 is 0 Å². The molecule has 1 aromatic rings. The SMILES string of the molecule is COC(=O)C1=CO[C@@H](O[C@@H]2O[C@H](COC(C)=O)[C@@H](O)[C@H](O)[C@H]2O)[C@H]2[C@@H]1C=C[C@@]21C=C([C@H](C)OC(=O)/C=C\c2ccc(O)cc2)C(=O)O1. The van der Waals surface area contributed by atoms with Gasteiger partial charge in [0, 0.05) is 18.9 Å². The quantitative estimate of drug-likeness (QED) is 0.120. The standard InChI is InChI=1S/C32H34O15/c1-15(44-23(35)9-6-17-4-7-18(34)8-5-17)20-12-32(47-29(20)40)11-10-19-21(28(39)41-3)13-43-30(24(19)32)46-31-27(38)26(37)25(36)22(45-31)14-42-16(2)33/h4-13,15,19,22,24-27,30-31,34,36-38H,14H2,1-3H3/b9-6-/t15-,19+,22+,24+,25+,26-,27+,30-,31-,32+/m0/s1. The molecule has 3 heterocycles. The van der Waals surface area contributed by atoms with Crippen LogP contribution in [0.15, 0.2) is 66.0 Å². The number of hydrogen-bond donors (Lipinski definition) is 4. The number of carbonyl (C=O) groups excluding carboxylic acids is 4. The number of rotatable bonds is 9. The van der Waals surface area contributed by atoms with Gasteiger partial charge in [0.25, 0.3) is 0 Å². The molecular weight excluding hydrogens is 624 g/mol. The molecule has 0 amide bonds. The molecule has 10 atom stereocenters. The Morgan fingerprint density at radius 2 is 1.79 bits per heavy atom. The van der Waals surface area contributed by atoms with Crippen molar-refractivity contribution >= 4 is 30.0 Å². The number of methoxy groups -OCH3 is 1. The van der Waals surface area contributed by atoms with Crippen molar-refractivity contribution in [2.75, 3.05) is 13.7 Å². The van der Waals surface area contributed by atoms with Gasteiger partial charge in [-0.05, 0) is 42.8 Å². The molecule has 0 unspecified atom stereocenters. The fourth-order valence-corrected chi connectivity index (χ4v) is 5.77. The predicted molar refractivity (Wildman–Crippen MR) is 155 cm³/mol. The Morgan fingerprint density at radius 3 is 2.47 bits per heavy atom. The van der Waals surface area contributed by atoms with E-state index in [0.717, 1.165) is 19.3 Å². The summed E-state index contributed by atoms with van der Waals surface area (Å²) >= 11 is 0. The molecule has 4 N–H and O–H groups in total. The molecule has 1 saturated heterocycles. The second kappa shape index (κ2) is 13.7. The zero-order chi connectivity index (χ0) is 34.0. The fourth-order valence-electron chi connectivity index (χ4n) is 5.77. The largest absolute Gasteiger partial charge is 0.508 e. The van der Waals surface area contributed by atoms with Gasteiger partial charge < -0.3 is 53.6 Å². The summed E-state index contributed by atoms with van der Waals surface area (Å²) < 4.78 is 38.4. The van der Waals surface area contributed by atoms with Gasteiger partial charge in [-0.1, -0.05) is 18.2 Å². The molecule has 15 nitrogen and oxygen atoms in total. The Bertz CT molecular complexity index is 1510. The molecule has 0 radical (unpaired) electrons. The zero-order valence-corrected chi connectivity index (χ0v) is 25.5. The second-order valence-electron chi connectivity index (χ2n) is 11.3. The number of ether oxygens (including phenoxy) is 7. The molecule has 4 aliphatic rings. The van der Waals surface area contributed by atoms with Crippen LogP contribution in [0.5, 0.6) is 5.75 Å². The highest BCUT2D eigenvalue weighted by atomic mass is 16.8. The first-order valence-corrected chi connectivity index (χ1v) is 14.6. The van der Waals surface area contributed by atoms with Gasteiger partial charge in [-0.15, -0.1) is 0 Å². The molecule has 1 aliphatic carbocycles. The van der Waals surface area contributed by atoms with Crippen LogP contribution in [0.3, 0.4) is 0 Å². The third-order valence-corrected chi connectivity index (χ3v) is 8.18.